The number of phenolic OH excluding ortho intramolecular Hbond substituents is 1. The number of nitrogens with zero attached hydrogens (tertiary/aromatic N) is 3. The molecule has 1 aliphatic rings. The van der Waals surface area contributed by atoms with Gasteiger partial charge >= 0.3 is 5.69 Å². The Bertz CT molecular complexity index is 1140. The molecule has 2 heterocycles. The molecule has 1 fully saturated rings. The fraction of sp³-hybridized carbons (Fsp3) is 0.375. The van der Waals surface area contributed by atoms with Crippen molar-refractivity contribution >= 4 is 5.91 Å². The first kappa shape index (κ1) is 21.8. The number of H-pyrrole nitrogens is 1. The van der Waals surface area contributed by atoms with Gasteiger partial charge in [-0.1, -0.05) is 36.4 Å². The number of amides is 1. The Hall–Kier alpha value is -3.39. The van der Waals surface area contributed by atoms with Crippen molar-refractivity contribution in [3.8, 4) is 5.75 Å². The van der Waals surface area contributed by atoms with E-state index < -0.39 is 6.04 Å². The highest BCUT2D eigenvalue weighted by Crippen LogP contribution is 2.34. The molecule has 168 valence electrons. The molecule has 2 N–H and O–H groups in total. The second kappa shape index (κ2) is 9.40. The number of aromatic amines is 1. The average Bonchev–Trinajstić information content (AvgIpc) is 3.41. The Morgan fingerprint density at radius 2 is 1.94 bits per heavy atom. The van der Waals surface area contributed by atoms with Gasteiger partial charge in [-0.15, -0.1) is 0 Å². The summed E-state index contributed by atoms with van der Waals surface area (Å²) >= 11 is 0. The number of carbonyl (C=O) groups is 1. The minimum atomic E-state index is -0.418. The summed E-state index contributed by atoms with van der Waals surface area (Å²) in [6, 6.07) is 14.9. The van der Waals surface area contributed by atoms with Crippen molar-refractivity contribution in [2.75, 3.05) is 13.7 Å². The summed E-state index contributed by atoms with van der Waals surface area (Å²) in [6.45, 7) is 2.66. The van der Waals surface area contributed by atoms with Crippen molar-refractivity contribution in [2.45, 2.75) is 44.9 Å². The second-order valence-electron chi connectivity index (χ2n) is 8.04. The number of likely N-dealkylation sites (tertiary alicyclic amines) is 1. The molecule has 0 radical (unpaired) electrons. The topological polar surface area (TPSA) is 100 Å². The normalized spacial score (nSPS) is 18.2. The Labute approximate surface area is 186 Å². The Morgan fingerprint density at radius 3 is 2.66 bits per heavy atom. The van der Waals surface area contributed by atoms with Crippen LogP contribution in [-0.4, -0.2) is 50.4 Å². The zero-order valence-electron chi connectivity index (χ0n) is 18.3. The Balaban J connectivity index is 1.60. The van der Waals surface area contributed by atoms with Crippen LogP contribution in [0.5, 0.6) is 5.75 Å². The summed E-state index contributed by atoms with van der Waals surface area (Å²) in [7, 11) is 1.61. The molecule has 0 bridgehead atoms. The Morgan fingerprint density at radius 1 is 1.19 bits per heavy atom. The highest BCUT2D eigenvalue weighted by Gasteiger charge is 2.40. The Kier molecular flexibility index (Phi) is 6.41. The van der Waals surface area contributed by atoms with Crippen LogP contribution in [0, 0.1) is 0 Å². The van der Waals surface area contributed by atoms with E-state index in [-0.39, 0.29) is 29.0 Å². The van der Waals surface area contributed by atoms with Gasteiger partial charge in [0.05, 0.1) is 17.7 Å². The minimum absolute atomic E-state index is 0.0620. The largest absolute Gasteiger partial charge is 0.507 e. The number of hydrogen-bond donors (Lipinski definition) is 2. The summed E-state index contributed by atoms with van der Waals surface area (Å²) in [4.78, 5) is 27.3. The van der Waals surface area contributed by atoms with Gasteiger partial charge in [0.1, 0.15) is 5.75 Å². The van der Waals surface area contributed by atoms with E-state index in [0.29, 0.717) is 25.3 Å². The number of aromatic hydroxyl groups is 1. The molecule has 0 aliphatic carbocycles. The summed E-state index contributed by atoms with van der Waals surface area (Å²) in [5.74, 6) is 0.143. The van der Waals surface area contributed by atoms with E-state index in [1.165, 1.54) is 10.1 Å². The molecule has 1 saturated heterocycles. The van der Waals surface area contributed by atoms with Crippen LogP contribution in [0.15, 0.2) is 53.3 Å². The molecule has 8 nitrogen and oxygen atoms in total. The monoisotopic (exact) mass is 436 g/mol. The maximum absolute atomic E-state index is 13.5. The van der Waals surface area contributed by atoms with Crippen molar-refractivity contribution in [3.63, 3.8) is 0 Å². The van der Waals surface area contributed by atoms with Gasteiger partial charge in [0.2, 0.25) is 0 Å². The lowest BCUT2D eigenvalue weighted by atomic mass is 10.0. The lowest BCUT2D eigenvalue weighted by Gasteiger charge is -2.24. The number of ether oxygens (including phenoxy) is 1. The number of hydrogen-bond acceptors (Lipinski definition) is 5. The van der Waals surface area contributed by atoms with Gasteiger partial charge in [-0.05, 0) is 43.0 Å². The van der Waals surface area contributed by atoms with Gasteiger partial charge in [0.15, 0.2) is 5.82 Å². The maximum Gasteiger partial charge on any atom is 0.343 e. The smallest absolute Gasteiger partial charge is 0.343 e. The van der Waals surface area contributed by atoms with Crippen LogP contribution in [0.2, 0.25) is 0 Å². The SMILES string of the molecule is CCn1c([C@@H]2C[C@H](OC)CN2C(=O)c2cc(CCc3ccccc3)ccc2O)n[nH]c1=O. The van der Waals surface area contributed by atoms with Crippen molar-refractivity contribution in [2.24, 2.45) is 0 Å². The average molecular weight is 437 g/mol. The number of benzene rings is 2. The fourth-order valence-corrected chi connectivity index (χ4v) is 4.33. The van der Waals surface area contributed by atoms with E-state index in [9.17, 15) is 14.7 Å². The summed E-state index contributed by atoms with van der Waals surface area (Å²) in [6.07, 6.45) is 1.95. The first-order valence-electron chi connectivity index (χ1n) is 10.9. The number of aryl methyl sites for hydroxylation is 2. The van der Waals surface area contributed by atoms with Crippen molar-refractivity contribution in [1.82, 2.24) is 19.7 Å². The molecule has 1 amide bonds. The van der Waals surface area contributed by atoms with E-state index in [1.807, 2.05) is 31.2 Å². The molecule has 8 heteroatoms. The van der Waals surface area contributed by atoms with Crippen LogP contribution in [-0.2, 0) is 24.1 Å². The third-order valence-corrected chi connectivity index (χ3v) is 6.10. The van der Waals surface area contributed by atoms with Crippen LogP contribution < -0.4 is 5.69 Å². The van der Waals surface area contributed by atoms with Gasteiger partial charge in [0, 0.05) is 26.6 Å². The molecule has 0 saturated carbocycles. The van der Waals surface area contributed by atoms with Crippen molar-refractivity contribution in [3.05, 3.63) is 81.5 Å². The predicted molar refractivity (Wildman–Crippen MR) is 120 cm³/mol. The van der Waals surface area contributed by atoms with E-state index in [4.69, 9.17) is 4.74 Å². The molecular weight excluding hydrogens is 408 g/mol. The van der Waals surface area contributed by atoms with Gasteiger partial charge in [0.25, 0.3) is 5.91 Å². The van der Waals surface area contributed by atoms with Gasteiger partial charge < -0.3 is 14.7 Å². The van der Waals surface area contributed by atoms with Crippen LogP contribution >= 0.6 is 0 Å². The number of carbonyl (C=O) groups excluding carboxylic acids is 1. The van der Waals surface area contributed by atoms with E-state index in [1.54, 1.807) is 24.1 Å². The number of methoxy groups -OCH3 is 1. The fourth-order valence-electron chi connectivity index (χ4n) is 4.33. The maximum atomic E-state index is 13.5. The lowest BCUT2D eigenvalue weighted by molar-refractivity contribution is 0.0679. The highest BCUT2D eigenvalue weighted by molar-refractivity contribution is 5.97. The summed E-state index contributed by atoms with van der Waals surface area (Å²) in [5.41, 5.74) is 2.13. The molecule has 1 aromatic heterocycles. The molecular formula is C24H28N4O4. The molecule has 3 aromatic rings. The summed E-state index contributed by atoms with van der Waals surface area (Å²) in [5, 5.41) is 17.1. The van der Waals surface area contributed by atoms with Crippen molar-refractivity contribution in [1.29, 1.82) is 0 Å². The minimum Gasteiger partial charge on any atom is -0.507 e. The standard InChI is InChI=1S/C24H28N4O4/c1-3-27-22(25-26-24(27)31)20-14-18(32-2)15-28(20)23(30)19-13-17(11-12-21(19)29)10-9-16-7-5-4-6-8-16/h4-8,11-13,18,20,29H,3,9-10,14-15H2,1-2H3,(H,26,31)/t18-,20-/m0/s1. The van der Waals surface area contributed by atoms with E-state index in [2.05, 4.69) is 22.3 Å². The first-order valence-corrected chi connectivity index (χ1v) is 10.9. The van der Waals surface area contributed by atoms with E-state index >= 15 is 0 Å². The third kappa shape index (κ3) is 4.31. The number of rotatable bonds is 7. The molecule has 2 aromatic carbocycles. The number of aromatic nitrogens is 3. The molecule has 4 rings (SSSR count). The lowest BCUT2D eigenvalue weighted by Crippen LogP contribution is -2.34. The molecule has 0 spiro atoms. The number of nitrogens with one attached hydrogen (secondary N) is 1. The third-order valence-electron chi connectivity index (χ3n) is 6.10. The zero-order valence-corrected chi connectivity index (χ0v) is 18.3. The van der Waals surface area contributed by atoms with Crippen LogP contribution in [0.4, 0.5) is 0 Å². The first-order chi connectivity index (χ1) is 15.5. The van der Waals surface area contributed by atoms with E-state index in [0.717, 1.165) is 18.4 Å². The van der Waals surface area contributed by atoms with Gasteiger partial charge in [-0.25, -0.2) is 9.89 Å². The molecule has 0 unspecified atom stereocenters. The zero-order chi connectivity index (χ0) is 22.7. The second-order valence-corrected chi connectivity index (χ2v) is 8.04. The highest BCUT2D eigenvalue weighted by atomic mass is 16.5. The summed E-state index contributed by atoms with van der Waals surface area (Å²) < 4.78 is 7.05. The quantitative estimate of drug-likeness (QED) is 0.593. The van der Waals surface area contributed by atoms with Crippen molar-refractivity contribution < 1.29 is 14.6 Å². The van der Waals surface area contributed by atoms with Crippen LogP contribution in [0.1, 0.15) is 46.7 Å². The van der Waals surface area contributed by atoms with Gasteiger partial charge in [-0.2, -0.15) is 5.10 Å². The van der Waals surface area contributed by atoms with Crippen LogP contribution in [0.3, 0.4) is 0 Å². The number of phenols is 1. The predicted octanol–water partition coefficient (Wildman–Crippen LogP) is 2.68. The molecule has 2 atom stereocenters. The molecule has 1 aliphatic heterocycles. The van der Waals surface area contributed by atoms with Crippen LogP contribution in [0.25, 0.3) is 0 Å². The molecule has 32 heavy (non-hydrogen) atoms. The van der Waals surface area contributed by atoms with Gasteiger partial charge in [-0.3, -0.25) is 9.36 Å².